The molecule has 1 aliphatic heterocycles. The van der Waals surface area contributed by atoms with E-state index < -0.39 is 6.04 Å². The molecule has 6 heteroatoms. The summed E-state index contributed by atoms with van der Waals surface area (Å²) in [4.78, 5) is 24.5. The third-order valence-corrected chi connectivity index (χ3v) is 5.16. The molecular weight excluding hydrogens is 388 g/mol. The number of para-hydroxylation sites is 1. The van der Waals surface area contributed by atoms with Gasteiger partial charge in [-0.15, -0.1) is 0 Å². The summed E-state index contributed by atoms with van der Waals surface area (Å²) in [5.41, 5.74) is 2.59. The first kappa shape index (κ1) is 21.0. The normalized spacial score (nSPS) is 16.7. The maximum Gasteiger partial charge on any atom is 0.242 e. The summed E-state index contributed by atoms with van der Waals surface area (Å²) in [6.45, 7) is 7.71. The van der Waals surface area contributed by atoms with E-state index in [0.717, 1.165) is 22.4 Å². The summed E-state index contributed by atoms with van der Waals surface area (Å²) in [7, 11) is 0. The Morgan fingerprint density at radius 2 is 1.77 bits per heavy atom. The standard InChI is InChI=1S/C25H28N4O2/c1-25(2,3)28-24(30)22-20-11-6-7-12-21(20)31-16-15-29(22)17-18-9-4-5-10-19(18)23-26-13-8-14-27-23/h4-14,22H,15-17H2,1-3H3,(H,28,30). The molecule has 1 N–H and O–H groups in total. The minimum atomic E-state index is -0.456. The fourth-order valence-electron chi connectivity index (χ4n) is 3.89. The van der Waals surface area contributed by atoms with E-state index in [9.17, 15) is 4.79 Å². The molecule has 1 amide bonds. The van der Waals surface area contributed by atoms with Crippen molar-refractivity contribution in [2.24, 2.45) is 0 Å². The van der Waals surface area contributed by atoms with Gasteiger partial charge >= 0.3 is 0 Å². The Morgan fingerprint density at radius 1 is 1.06 bits per heavy atom. The number of rotatable bonds is 4. The number of carbonyl (C=O) groups excluding carboxylic acids is 1. The number of hydrogen-bond acceptors (Lipinski definition) is 5. The van der Waals surface area contributed by atoms with Crippen LogP contribution in [0.25, 0.3) is 11.4 Å². The van der Waals surface area contributed by atoms with Crippen LogP contribution in [0, 0.1) is 0 Å². The number of hydrogen-bond donors (Lipinski definition) is 1. The van der Waals surface area contributed by atoms with Crippen molar-refractivity contribution in [2.45, 2.75) is 38.9 Å². The molecule has 1 aromatic heterocycles. The molecule has 0 spiro atoms. The fraction of sp³-hybridized carbons (Fsp3) is 0.320. The first-order valence-electron chi connectivity index (χ1n) is 10.6. The average molecular weight is 417 g/mol. The van der Waals surface area contributed by atoms with Crippen LogP contribution in [0.15, 0.2) is 67.0 Å². The Kier molecular flexibility index (Phi) is 6.00. The topological polar surface area (TPSA) is 67.3 Å². The van der Waals surface area contributed by atoms with Crippen LogP contribution in [0.4, 0.5) is 0 Å². The van der Waals surface area contributed by atoms with Crippen molar-refractivity contribution in [2.75, 3.05) is 13.2 Å². The summed E-state index contributed by atoms with van der Waals surface area (Å²) < 4.78 is 6.00. The van der Waals surface area contributed by atoms with E-state index >= 15 is 0 Å². The first-order valence-corrected chi connectivity index (χ1v) is 10.6. The zero-order chi connectivity index (χ0) is 21.8. The molecule has 0 bridgehead atoms. The van der Waals surface area contributed by atoms with Crippen LogP contribution >= 0.6 is 0 Å². The molecule has 0 saturated heterocycles. The number of amides is 1. The van der Waals surface area contributed by atoms with Crippen molar-refractivity contribution >= 4 is 5.91 Å². The van der Waals surface area contributed by atoms with Gasteiger partial charge in [-0.3, -0.25) is 9.69 Å². The number of aromatic nitrogens is 2. The van der Waals surface area contributed by atoms with Crippen LogP contribution < -0.4 is 10.1 Å². The molecule has 1 unspecified atom stereocenters. The third kappa shape index (κ3) is 4.91. The first-order chi connectivity index (χ1) is 14.9. The predicted octanol–water partition coefficient (Wildman–Crippen LogP) is 3.99. The second-order valence-electron chi connectivity index (χ2n) is 8.73. The van der Waals surface area contributed by atoms with Gasteiger partial charge in [-0.1, -0.05) is 42.5 Å². The molecule has 31 heavy (non-hydrogen) atoms. The van der Waals surface area contributed by atoms with Crippen LogP contribution in [-0.4, -0.2) is 39.5 Å². The quantitative estimate of drug-likeness (QED) is 0.696. The summed E-state index contributed by atoms with van der Waals surface area (Å²) in [6, 6.07) is 17.2. The highest BCUT2D eigenvalue weighted by Crippen LogP contribution is 2.34. The van der Waals surface area contributed by atoms with Crippen molar-refractivity contribution < 1.29 is 9.53 Å². The molecule has 1 atom stereocenters. The van der Waals surface area contributed by atoms with Gasteiger partial charge in [0.1, 0.15) is 18.4 Å². The van der Waals surface area contributed by atoms with Crippen LogP contribution in [0.5, 0.6) is 5.75 Å². The van der Waals surface area contributed by atoms with Gasteiger partial charge in [-0.25, -0.2) is 9.97 Å². The Hall–Kier alpha value is -3.25. The van der Waals surface area contributed by atoms with Gasteiger partial charge < -0.3 is 10.1 Å². The van der Waals surface area contributed by atoms with E-state index in [4.69, 9.17) is 4.74 Å². The van der Waals surface area contributed by atoms with Crippen LogP contribution in [0.2, 0.25) is 0 Å². The number of benzene rings is 2. The molecule has 0 saturated carbocycles. The predicted molar refractivity (Wildman–Crippen MR) is 120 cm³/mol. The van der Waals surface area contributed by atoms with Crippen LogP contribution in [0.3, 0.4) is 0 Å². The number of fused-ring (bicyclic) bond motifs is 1. The Bertz CT molecular complexity index is 1050. The monoisotopic (exact) mass is 416 g/mol. The van der Waals surface area contributed by atoms with Gasteiger partial charge in [0.05, 0.1) is 0 Å². The minimum Gasteiger partial charge on any atom is -0.492 e. The van der Waals surface area contributed by atoms with Crippen LogP contribution in [-0.2, 0) is 11.3 Å². The van der Waals surface area contributed by atoms with Crippen molar-refractivity contribution in [3.05, 3.63) is 78.1 Å². The Balaban J connectivity index is 1.72. The van der Waals surface area contributed by atoms with Crippen molar-refractivity contribution in [1.82, 2.24) is 20.2 Å². The number of nitrogens with one attached hydrogen (secondary N) is 1. The van der Waals surface area contributed by atoms with E-state index in [-0.39, 0.29) is 11.4 Å². The lowest BCUT2D eigenvalue weighted by Crippen LogP contribution is -2.47. The van der Waals surface area contributed by atoms with Gasteiger partial charge in [0.15, 0.2) is 5.82 Å². The Labute approximate surface area is 183 Å². The summed E-state index contributed by atoms with van der Waals surface area (Å²) in [5, 5.41) is 3.16. The van der Waals surface area contributed by atoms with E-state index in [1.807, 2.05) is 69.3 Å². The molecule has 6 nitrogen and oxygen atoms in total. The number of nitrogens with zero attached hydrogens (tertiary/aromatic N) is 3. The van der Waals surface area contributed by atoms with Crippen molar-refractivity contribution in [3.8, 4) is 17.1 Å². The highest BCUT2D eigenvalue weighted by Gasteiger charge is 2.34. The smallest absolute Gasteiger partial charge is 0.242 e. The SMILES string of the molecule is CC(C)(C)NC(=O)C1c2ccccc2OCCN1Cc1ccccc1-c1ncccn1. The molecule has 0 radical (unpaired) electrons. The van der Waals surface area contributed by atoms with Crippen molar-refractivity contribution in [1.29, 1.82) is 0 Å². The molecule has 2 heterocycles. The van der Waals surface area contributed by atoms with Crippen molar-refractivity contribution in [3.63, 3.8) is 0 Å². The van der Waals surface area contributed by atoms with E-state index in [1.165, 1.54) is 0 Å². The summed E-state index contributed by atoms with van der Waals surface area (Å²) in [5.74, 6) is 1.41. The van der Waals surface area contributed by atoms with Gasteiger partial charge in [0, 0.05) is 42.1 Å². The second kappa shape index (κ2) is 8.86. The van der Waals surface area contributed by atoms with E-state index in [0.29, 0.717) is 25.5 Å². The molecular formula is C25H28N4O2. The lowest BCUT2D eigenvalue weighted by Gasteiger charge is -2.32. The summed E-state index contributed by atoms with van der Waals surface area (Å²) in [6.07, 6.45) is 3.49. The van der Waals surface area contributed by atoms with E-state index in [2.05, 4.69) is 26.3 Å². The molecule has 4 rings (SSSR count). The molecule has 0 fully saturated rings. The maximum atomic E-state index is 13.5. The van der Waals surface area contributed by atoms with Gasteiger partial charge in [0.25, 0.3) is 0 Å². The van der Waals surface area contributed by atoms with E-state index in [1.54, 1.807) is 12.4 Å². The average Bonchev–Trinajstić information content (AvgIpc) is 2.92. The zero-order valence-corrected chi connectivity index (χ0v) is 18.2. The second-order valence-corrected chi connectivity index (χ2v) is 8.73. The largest absolute Gasteiger partial charge is 0.492 e. The van der Waals surface area contributed by atoms with Gasteiger partial charge in [-0.2, -0.15) is 0 Å². The highest BCUT2D eigenvalue weighted by molar-refractivity contribution is 5.84. The molecule has 3 aromatic rings. The fourth-order valence-corrected chi connectivity index (χ4v) is 3.89. The lowest BCUT2D eigenvalue weighted by molar-refractivity contribution is -0.128. The number of ether oxygens (including phenoxy) is 1. The third-order valence-electron chi connectivity index (χ3n) is 5.16. The molecule has 1 aliphatic rings. The molecule has 160 valence electrons. The molecule has 0 aliphatic carbocycles. The van der Waals surface area contributed by atoms with Gasteiger partial charge in [0.2, 0.25) is 5.91 Å². The van der Waals surface area contributed by atoms with Crippen LogP contribution in [0.1, 0.15) is 37.9 Å². The Morgan fingerprint density at radius 3 is 2.55 bits per heavy atom. The maximum absolute atomic E-state index is 13.5. The minimum absolute atomic E-state index is 0.0288. The molecule has 2 aromatic carbocycles. The van der Waals surface area contributed by atoms with Gasteiger partial charge in [-0.05, 0) is 38.5 Å². The zero-order valence-electron chi connectivity index (χ0n) is 18.2. The highest BCUT2D eigenvalue weighted by atomic mass is 16.5. The summed E-state index contributed by atoms with van der Waals surface area (Å²) >= 11 is 0. The lowest BCUT2D eigenvalue weighted by atomic mass is 9.99. The number of carbonyl (C=O) groups is 1.